The lowest BCUT2D eigenvalue weighted by molar-refractivity contribution is -0.137. The number of ether oxygens (including phenoxy) is 1. The van der Waals surface area contributed by atoms with E-state index >= 15 is 0 Å². The molecular weight excluding hydrogens is 388 g/mol. The SMILES string of the molecule is N#Cc1ccc(CN2CCN3[C@H](C2)C(=O)N(Cc2ccccc2)C32CCOCC2)cc1. The Morgan fingerprint density at radius 2 is 1.68 bits per heavy atom. The van der Waals surface area contributed by atoms with Gasteiger partial charge in [0.15, 0.2) is 0 Å². The summed E-state index contributed by atoms with van der Waals surface area (Å²) < 4.78 is 5.69. The molecule has 31 heavy (non-hydrogen) atoms. The standard InChI is InChI=1S/C25H28N4O2/c26-16-20-6-8-22(9-7-20)17-27-12-13-28-23(19-27)24(30)29(18-21-4-2-1-3-5-21)25(28)10-14-31-15-11-25/h1-9,23H,10-15,17-19H2/t23-/m1/s1. The number of amides is 1. The van der Waals surface area contributed by atoms with E-state index in [1.807, 2.05) is 42.5 Å². The zero-order chi connectivity index (χ0) is 21.3. The Kier molecular flexibility index (Phi) is 5.49. The fraction of sp³-hybridized carbons (Fsp3) is 0.440. The van der Waals surface area contributed by atoms with E-state index in [0.29, 0.717) is 25.3 Å². The van der Waals surface area contributed by atoms with Crippen molar-refractivity contribution in [2.45, 2.75) is 37.6 Å². The van der Waals surface area contributed by atoms with Crippen LogP contribution in [0.15, 0.2) is 54.6 Å². The van der Waals surface area contributed by atoms with Crippen LogP contribution in [-0.2, 0) is 22.6 Å². The van der Waals surface area contributed by atoms with E-state index in [1.54, 1.807) is 0 Å². The van der Waals surface area contributed by atoms with Crippen LogP contribution in [0.25, 0.3) is 0 Å². The maximum Gasteiger partial charge on any atom is 0.243 e. The van der Waals surface area contributed by atoms with E-state index in [9.17, 15) is 4.79 Å². The number of piperazine rings is 1. The molecule has 6 heteroatoms. The summed E-state index contributed by atoms with van der Waals surface area (Å²) in [5.41, 5.74) is 2.81. The van der Waals surface area contributed by atoms with Gasteiger partial charge in [-0.15, -0.1) is 0 Å². The van der Waals surface area contributed by atoms with Crippen molar-refractivity contribution in [3.05, 3.63) is 71.3 Å². The van der Waals surface area contributed by atoms with Crippen molar-refractivity contribution in [3.8, 4) is 6.07 Å². The minimum Gasteiger partial charge on any atom is -0.381 e. The van der Waals surface area contributed by atoms with Crippen LogP contribution in [0.1, 0.15) is 29.5 Å². The van der Waals surface area contributed by atoms with Gasteiger partial charge in [-0.3, -0.25) is 14.6 Å². The van der Waals surface area contributed by atoms with Gasteiger partial charge < -0.3 is 9.64 Å². The molecule has 6 nitrogen and oxygen atoms in total. The lowest BCUT2D eigenvalue weighted by atomic mass is 9.96. The molecule has 3 aliphatic rings. The van der Waals surface area contributed by atoms with Crippen LogP contribution in [0.4, 0.5) is 0 Å². The van der Waals surface area contributed by atoms with Gasteiger partial charge in [0, 0.05) is 45.6 Å². The normalized spacial score (nSPS) is 23.6. The second kappa shape index (κ2) is 8.43. The number of fused-ring (bicyclic) bond motifs is 2. The quantitative estimate of drug-likeness (QED) is 0.767. The number of rotatable bonds is 4. The molecular formula is C25H28N4O2. The molecule has 5 rings (SSSR count). The third-order valence-electron chi connectivity index (χ3n) is 7.02. The summed E-state index contributed by atoms with van der Waals surface area (Å²) in [6.45, 7) is 5.43. The van der Waals surface area contributed by atoms with Crippen LogP contribution >= 0.6 is 0 Å². The molecule has 0 N–H and O–H groups in total. The van der Waals surface area contributed by atoms with Crippen LogP contribution in [0.3, 0.4) is 0 Å². The van der Waals surface area contributed by atoms with Gasteiger partial charge in [0.1, 0.15) is 11.7 Å². The molecule has 3 heterocycles. The van der Waals surface area contributed by atoms with Crippen molar-refractivity contribution >= 4 is 5.91 Å². The summed E-state index contributed by atoms with van der Waals surface area (Å²) in [7, 11) is 0. The molecule has 3 saturated heterocycles. The van der Waals surface area contributed by atoms with Crippen molar-refractivity contribution in [2.24, 2.45) is 0 Å². The van der Waals surface area contributed by atoms with E-state index < -0.39 is 0 Å². The van der Waals surface area contributed by atoms with E-state index in [0.717, 1.165) is 39.0 Å². The molecule has 160 valence electrons. The molecule has 0 bridgehead atoms. The highest BCUT2D eigenvalue weighted by molar-refractivity contribution is 5.85. The van der Waals surface area contributed by atoms with Gasteiger partial charge in [-0.1, -0.05) is 42.5 Å². The Labute approximate surface area is 183 Å². The molecule has 3 aliphatic heterocycles. The van der Waals surface area contributed by atoms with E-state index in [1.165, 1.54) is 11.1 Å². The number of hydrogen-bond acceptors (Lipinski definition) is 5. The maximum atomic E-state index is 13.7. The minimum atomic E-state index is -0.226. The lowest BCUT2D eigenvalue weighted by Crippen LogP contribution is -2.61. The number of carbonyl (C=O) groups is 1. The third-order valence-corrected chi connectivity index (χ3v) is 7.02. The largest absolute Gasteiger partial charge is 0.381 e. The van der Waals surface area contributed by atoms with Crippen molar-refractivity contribution in [1.82, 2.24) is 14.7 Å². The first kappa shape index (κ1) is 20.2. The minimum absolute atomic E-state index is 0.103. The monoisotopic (exact) mass is 416 g/mol. The molecule has 0 radical (unpaired) electrons. The van der Waals surface area contributed by atoms with Gasteiger partial charge in [-0.25, -0.2) is 0 Å². The van der Waals surface area contributed by atoms with Crippen LogP contribution < -0.4 is 0 Å². The first-order valence-corrected chi connectivity index (χ1v) is 11.1. The number of nitrogens with zero attached hydrogens (tertiary/aromatic N) is 4. The summed E-state index contributed by atoms with van der Waals surface area (Å²) >= 11 is 0. The maximum absolute atomic E-state index is 13.7. The number of hydrogen-bond donors (Lipinski definition) is 0. The fourth-order valence-electron chi connectivity index (χ4n) is 5.42. The first-order chi connectivity index (χ1) is 15.2. The molecule has 1 amide bonds. The predicted octanol–water partition coefficient (Wildman–Crippen LogP) is 2.59. The van der Waals surface area contributed by atoms with E-state index in [-0.39, 0.29) is 17.6 Å². The summed E-state index contributed by atoms with van der Waals surface area (Å²) in [4.78, 5) is 20.7. The van der Waals surface area contributed by atoms with E-state index in [2.05, 4.69) is 32.9 Å². The van der Waals surface area contributed by atoms with Gasteiger partial charge >= 0.3 is 0 Å². The van der Waals surface area contributed by atoms with Crippen molar-refractivity contribution in [2.75, 3.05) is 32.8 Å². The molecule has 2 aromatic rings. The zero-order valence-corrected chi connectivity index (χ0v) is 17.7. The Morgan fingerprint density at radius 1 is 0.968 bits per heavy atom. The molecule has 2 aromatic carbocycles. The summed E-state index contributed by atoms with van der Waals surface area (Å²) in [5, 5.41) is 9.02. The van der Waals surface area contributed by atoms with Gasteiger partial charge in [0.25, 0.3) is 0 Å². The topological polar surface area (TPSA) is 59.8 Å². The molecule has 0 saturated carbocycles. The Morgan fingerprint density at radius 3 is 2.39 bits per heavy atom. The van der Waals surface area contributed by atoms with Crippen LogP contribution in [0, 0.1) is 11.3 Å². The molecule has 1 atom stereocenters. The molecule has 0 aromatic heterocycles. The highest BCUT2D eigenvalue weighted by Gasteiger charge is 2.57. The van der Waals surface area contributed by atoms with Crippen LogP contribution in [-0.4, -0.2) is 65.2 Å². The first-order valence-electron chi connectivity index (χ1n) is 11.1. The number of carbonyl (C=O) groups excluding carboxylic acids is 1. The average molecular weight is 417 g/mol. The average Bonchev–Trinajstić information content (AvgIpc) is 3.03. The Balaban J connectivity index is 1.36. The summed E-state index contributed by atoms with van der Waals surface area (Å²) in [5.74, 6) is 0.246. The smallest absolute Gasteiger partial charge is 0.243 e. The van der Waals surface area contributed by atoms with Gasteiger partial charge in [-0.2, -0.15) is 5.26 Å². The van der Waals surface area contributed by atoms with Crippen molar-refractivity contribution < 1.29 is 9.53 Å². The van der Waals surface area contributed by atoms with E-state index in [4.69, 9.17) is 10.00 Å². The van der Waals surface area contributed by atoms with Crippen molar-refractivity contribution in [3.63, 3.8) is 0 Å². The zero-order valence-electron chi connectivity index (χ0n) is 17.7. The molecule has 0 unspecified atom stereocenters. The fourth-order valence-corrected chi connectivity index (χ4v) is 5.42. The lowest BCUT2D eigenvalue weighted by Gasteiger charge is -2.49. The highest BCUT2D eigenvalue weighted by Crippen LogP contribution is 2.42. The van der Waals surface area contributed by atoms with Crippen LogP contribution in [0.5, 0.6) is 0 Å². The highest BCUT2D eigenvalue weighted by atomic mass is 16.5. The summed E-state index contributed by atoms with van der Waals surface area (Å²) in [6.07, 6.45) is 1.75. The van der Waals surface area contributed by atoms with Gasteiger partial charge in [0.05, 0.1) is 24.8 Å². The predicted molar refractivity (Wildman–Crippen MR) is 117 cm³/mol. The Hall–Kier alpha value is -2.72. The number of nitriles is 1. The van der Waals surface area contributed by atoms with Gasteiger partial charge in [-0.05, 0) is 23.3 Å². The Bertz CT molecular complexity index is 963. The van der Waals surface area contributed by atoms with Crippen molar-refractivity contribution in [1.29, 1.82) is 5.26 Å². The van der Waals surface area contributed by atoms with Gasteiger partial charge in [0.2, 0.25) is 5.91 Å². The molecule has 3 fully saturated rings. The second-order valence-electron chi connectivity index (χ2n) is 8.76. The summed E-state index contributed by atoms with van der Waals surface area (Å²) in [6, 6.07) is 20.1. The third kappa shape index (κ3) is 3.74. The number of benzene rings is 2. The second-order valence-corrected chi connectivity index (χ2v) is 8.76. The molecule has 1 spiro atoms. The van der Waals surface area contributed by atoms with Crippen LogP contribution in [0.2, 0.25) is 0 Å². The molecule has 0 aliphatic carbocycles.